The van der Waals surface area contributed by atoms with Gasteiger partial charge in [0.15, 0.2) is 0 Å². The zero-order chi connectivity index (χ0) is 14.4. The Morgan fingerprint density at radius 3 is 2.50 bits per heavy atom. The highest BCUT2D eigenvalue weighted by Crippen LogP contribution is 2.16. The third-order valence-electron chi connectivity index (χ3n) is 2.86. The predicted molar refractivity (Wildman–Crippen MR) is 76.9 cm³/mol. The van der Waals surface area contributed by atoms with Crippen LogP contribution in [-0.2, 0) is 6.54 Å². The highest BCUT2D eigenvalue weighted by atomic mass is 16.5. The van der Waals surface area contributed by atoms with Crippen molar-refractivity contribution in [2.24, 2.45) is 0 Å². The van der Waals surface area contributed by atoms with Gasteiger partial charge in [0.1, 0.15) is 11.5 Å². The molecule has 0 aliphatic rings. The molecule has 2 N–H and O–H groups in total. The Morgan fingerprint density at radius 2 is 1.85 bits per heavy atom. The molecule has 0 aromatic heterocycles. The van der Waals surface area contributed by atoms with Crippen LogP contribution >= 0.6 is 0 Å². The van der Waals surface area contributed by atoms with Gasteiger partial charge in [-0.25, -0.2) is 0 Å². The van der Waals surface area contributed by atoms with Crippen molar-refractivity contribution in [1.82, 2.24) is 5.32 Å². The topological polar surface area (TPSA) is 58.6 Å². The number of ether oxygens (including phenoxy) is 1. The van der Waals surface area contributed by atoms with Gasteiger partial charge in [0, 0.05) is 17.7 Å². The van der Waals surface area contributed by atoms with E-state index >= 15 is 0 Å². The van der Waals surface area contributed by atoms with Crippen molar-refractivity contribution >= 4 is 5.91 Å². The Bertz CT molecular complexity index is 579. The number of aromatic hydroxyl groups is 1. The average molecular weight is 271 g/mol. The summed E-state index contributed by atoms with van der Waals surface area (Å²) >= 11 is 0. The minimum Gasteiger partial charge on any atom is -0.508 e. The summed E-state index contributed by atoms with van der Waals surface area (Å²) in [6.07, 6.45) is 0. The molecule has 1 amide bonds. The van der Waals surface area contributed by atoms with Crippen molar-refractivity contribution in [3.8, 4) is 11.5 Å². The third kappa shape index (κ3) is 3.51. The van der Waals surface area contributed by atoms with Crippen molar-refractivity contribution in [2.75, 3.05) is 6.61 Å². The number of carbonyl (C=O) groups excluding carboxylic acids is 1. The number of hydrogen-bond donors (Lipinski definition) is 2. The van der Waals surface area contributed by atoms with Crippen LogP contribution < -0.4 is 10.1 Å². The van der Waals surface area contributed by atoms with E-state index in [1.165, 1.54) is 0 Å². The lowest BCUT2D eigenvalue weighted by molar-refractivity contribution is 0.0950. The van der Waals surface area contributed by atoms with Crippen LogP contribution in [0.5, 0.6) is 11.5 Å². The minimum absolute atomic E-state index is 0.180. The molecule has 0 bridgehead atoms. The van der Waals surface area contributed by atoms with Crippen molar-refractivity contribution in [3.63, 3.8) is 0 Å². The molecule has 2 aromatic rings. The molecule has 0 unspecified atom stereocenters. The first-order chi connectivity index (χ1) is 9.70. The van der Waals surface area contributed by atoms with Gasteiger partial charge in [0.2, 0.25) is 0 Å². The highest BCUT2D eigenvalue weighted by molar-refractivity contribution is 5.94. The quantitative estimate of drug-likeness (QED) is 0.879. The molecule has 0 aliphatic carbocycles. The number of hydrogen-bond acceptors (Lipinski definition) is 3. The smallest absolute Gasteiger partial charge is 0.251 e. The van der Waals surface area contributed by atoms with E-state index in [-0.39, 0.29) is 11.7 Å². The second-order valence-electron chi connectivity index (χ2n) is 4.27. The number of carbonyl (C=O) groups is 1. The molecule has 4 nitrogen and oxygen atoms in total. The Kier molecular flexibility index (Phi) is 4.60. The van der Waals surface area contributed by atoms with Crippen molar-refractivity contribution in [3.05, 3.63) is 59.7 Å². The molecule has 0 spiro atoms. The second kappa shape index (κ2) is 6.61. The highest BCUT2D eigenvalue weighted by Gasteiger charge is 2.06. The van der Waals surface area contributed by atoms with E-state index in [9.17, 15) is 9.90 Å². The molecule has 104 valence electrons. The van der Waals surface area contributed by atoms with Gasteiger partial charge in [-0.05, 0) is 37.3 Å². The molecule has 0 saturated carbocycles. The number of phenols is 1. The van der Waals surface area contributed by atoms with Gasteiger partial charge in [0.05, 0.1) is 6.61 Å². The maximum Gasteiger partial charge on any atom is 0.251 e. The molecule has 2 rings (SSSR count). The van der Waals surface area contributed by atoms with E-state index in [4.69, 9.17) is 4.74 Å². The molecule has 0 atom stereocenters. The Balaban J connectivity index is 1.96. The fraction of sp³-hybridized carbons (Fsp3) is 0.188. The maximum absolute atomic E-state index is 12.0. The van der Waals surface area contributed by atoms with Crippen LogP contribution in [0.3, 0.4) is 0 Å². The van der Waals surface area contributed by atoms with Gasteiger partial charge in [-0.15, -0.1) is 0 Å². The van der Waals surface area contributed by atoms with E-state index < -0.39 is 0 Å². The normalized spacial score (nSPS) is 10.1. The molecular formula is C16H17NO3. The Labute approximate surface area is 118 Å². The number of amides is 1. The van der Waals surface area contributed by atoms with Gasteiger partial charge in [-0.3, -0.25) is 4.79 Å². The van der Waals surface area contributed by atoms with Gasteiger partial charge in [-0.1, -0.05) is 18.2 Å². The molecule has 0 aliphatic heterocycles. The van der Waals surface area contributed by atoms with Gasteiger partial charge in [-0.2, -0.15) is 0 Å². The van der Waals surface area contributed by atoms with E-state index in [1.54, 1.807) is 42.5 Å². The largest absolute Gasteiger partial charge is 0.508 e. The molecule has 20 heavy (non-hydrogen) atoms. The number of para-hydroxylation sites is 1. The van der Waals surface area contributed by atoms with E-state index in [0.29, 0.717) is 24.3 Å². The van der Waals surface area contributed by atoms with Crippen molar-refractivity contribution < 1.29 is 14.6 Å². The first-order valence-electron chi connectivity index (χ1n) is 6.48. The first-order valence-corrected chi connectivity index (χ1v) is 6.48. The Hall–Kier alpha value is -2.49. The number of phenolic OH excluding ortho intramolecular Hbond substituents is 1. The lowest BCUT2D eigenvalue weighted by atomic mass is 10.1. The zero-order valence-corrected chi connectivity index (χ0v) is 11.3. The second-order valence-corrected chi connectivity index (χ2v) is 4.27. The van der Waals surface area contributed by atoms with Crippen LogP contribution in [0, 0.1) is 0 Å². The minimum atomic E-state index is -0.184. The maximum atomic E-state index is 12.0. The van der Waals surface area contributed by atoms with Crippen LogP contribution in [0.4, 0.5) is 0 Å². The average Bonchev–Trinajstić information content (AvgIpc) is 2.47. The third-order valence-corrected chi connectivity index (χ3v) is 2.86. The van der Waals surface area contributed by atoms with Gasteiger partial charge < -0.3 is 15.2 Å². The van der Waals surface area contributed by atoms with Crippen LogP contribution in [0.2, 0.25) is 0 Å². The van der Waals surface area contributed by atoms with Crippen molar-refractivity contribution in [1.29, 1.82) is 0 Å². The SMILES string of the molecule is CCOc1ccc(C(=O)NCc2ccccc2O)cc1. The summed E-state index contributed by atoms with van der Waals surface area (Å²) in [5.41, 5.74) is 1.25. The van der Waals surface area contributed by atoms with Crippen molar-refractivity contribution in [2.45, 2.75) is 13.5 Å². The van der Waals surface area contributed by atoms with E-state index in [2.05, 4.69) is 5.32 Å². The molecule has 2 aromatic carbocycles. The molecule has 0 fully saturated rings. The predicted octanol–water partition coefficient (Wildman–Crippen LogP) is 2.72. The number of benzene rings is 2. The summed E-state index contributed by atoms with van der Waals surface area (Å²) in [7, 11) is 0. The van der Waals surface area contributed by atoms with Crippen LogP contribution in [-0.4, -0.2) is 17.6 Å². The number of nitrogens with one attached hydrogen (secondary N) is 1. The van der Waals surface area contributed by atoms with Gasteiger partial charge >= 0.3 is 0 Å². The van der Waals surface area contributed by atoms with Crippen LogP contribution in [0.1, 0.15) is 22.8 Å². The molecule has 0 radical (unpaired) electrons. The molecular weight excluding hydrogens is 254 g/mol. The first kappa shape index (κ1) is 13.9. The van der Waals surface area contributed by atoms with Crippen LogP contribution in [0.15, 0.2) is 48.5 Å². The molecule has 0 saturated heterocycles. The van der Waals surface area contributed by atoms with Gasteiger partial charge in [0.25, 0.3) is 5.91 Å². The summed E-state index contributed by atoms with van der Waals surface area (Å²) in [6, 6.07) is 13.9. The summed E-state index contributed by atoms with van der Waals surface area (Å²) in [5.74, 6) is 0.737. The number of rotatable bonds is 5. The standard InChI is InChI=1S/C16H17NO3/c1-2-20-14-9-7-12(8-10-14)16(19)17-11-13-5-3-4-6-15(13)18/h3-10,18H,2,11H2,1H3,(H,17,19). The lowest BCUT2D eigenvalue weighted by Crippen LogP contribution is -2.22. The molecule has 0 heterocycles. The molecule has 4 heteroatoms. The lowest BCUT2D eigenvalue weighted by Gasteiger charge is -2.08. The summed E-state index contributed by atoms with van der Waals surface area (Å²) in [6.45, 7) is 2.80. The van der Waals surface area contributed by atoms with Crippen LogP contribution in [0.25, 0.3) is 0 Å². The van der Waals surface area contributed by atoms with E-state index in [0.717, 1.165) is 5.75 Å². The van der Waals surface area contributed by atoms with E-state index in [1.807, 2.05) is 13.0 Å². The summed E-state index contributed by atoms with van der Waals surface area (Å²) in [5, 5.41) is 12.4. The Morgan fingerprint density at radius 1 is 1.15 bits per heavy atom. The zero-order valence-electron chi connectivity index (χ0n) is 11.3. The monoisotopic (exact) mass is 271 g/mol. The fourth-order valence-corrected chi connectivity index (χ4v) is 1.81. The summed E-state index contributed by atoms with van der Waals surface area (Å²) < 4.78 is 5.32. The fourth-order valence-electron chi connectivity index (χ4n) is 1.81. The summed E-state index contributed by atoms with van der Waals surface area (Å²) in [4.78, 5) is 12.0.